The highest BCUT2D eigenvalue weighted by Crippen LogP contribution is 2.30. The third-order valence-corrected chi connectivity index (χ3v) is 3.22. The standard InChI is InChI=1S/C11H14ClNO/c12-11-7-13-4-3-9(11)5-8-1-2-10(14)6-8/h3-4,7-8,10,14H,1-2,5-6H2. The third kappa shape index (κ3) is 2.25. The molecule has 1 heterocycles. The number of hydrogen-bond acceptors (Lipinski definition) is 2. The van der Waals surface area contributed by atoms with Gasteiger partial charge in [0, 0.05) is 12.4 Å². The lowest BCUT2D eigenvalue weighted by atomic mass is 9.99. The van der Waals surface area contributed by atoms with Gasteiger partial charge in [-0.3, -0.25) is 4.98 Å². The minimum Gasteiger partial charge on any atom is -0.393 e. The predicted octanol–water partition coefficient (Wildman–Crippen LogP) is 2.44. The topological polar surface area (TPSA) is 33.1 Å². The molecule has 3 heteroatoms. The summed E-state index contributed by atoms with van der Waals surface area (Å²) in [5.74, 6) is 0.588. The number of hydrogen-bond donors (Lipinski definition) is 1. The van der Waals surface area contributed by atoms with Crippen LogP contribution in [0.1, 0.15) is 24.8 Å². The summed E-state index contributed by atoms with van der Waals surface area (Å²) in [6.45, 7) is 0. The Hall–Kier alpha value is -0.600. The summed E-state index contributed by atoms with van der Waals surface area (Å²) in [5.41, 5.74) is 1.15. The molecular weight excluding hydrogens is 198 g/mol. The van der Waals surface area contributed by atoms with Crippen LogP contribution in [0.4, 0.5) is 0 Å². The van der Waals surface area contributed by atoms with Gasteiger partial charge < -0.3 is 5.11 Å². The number of nitrogens with zero attached hydrogens (tertiary/aromatic N) is 1. The first-order valence-corrected chi connectivity index (χ1v) is 5.40. The largest absolute Gasteiger partial charge is 0.393 e. The average Bonchev–Trinajstić information content (AvgIpc) is 2.56. The maximum Gasteiger partial charge on any atom is 0.0621 e. The van der Waals surface area contributed by atoms with E-state index in [0.29, 0.717) is 5.92 Å². The van der Waals surface area contributed by atoms with Gasteiger partial charge in [-0.2, -0.15) is 0 Å². The van der Waals surface area contributed by atoms with E-state index in [1.54, 1.807) is 12.4 Å². The lowest BCUT2D eigenvalue weighted by Gasteiger charge is -2.09. The van der Waals surface area contributed by atoms with Crippen LogP contribution in [0.2, 0.25) is 5.02 Å². The van der Waals surface area contributed by atoms with E-state index in [2.05, 4.69) is 4.98 Å². The van der Waals surface area contributed by atoms with Crippen molar-refractivity contribution in [3.63, 3.8) is 0 Å². The second-order valence-corrected chi connectivity index (χ2v) is 4.41. The number of aromatic nitrogens is 1. The van der Waals surface area contributed by atoms with Crippen LogP contribution in [0.3, 0.4) is 0 Å². The Morgan fingerprint density at radius 2 is 2.36 bits per heavy atom. The van der Waals surface area contributed by atoms with E-state index in [4.69, 9.17) is 11.6 Å². The summed E-state index contributed by atoms with van der Waals surface area (Å²) in [6, 6.07) is 1.97. The van der Waals surface area contributed by atoms with Gasteiger partial charge >= 0.3 is 0 Å². The smallest absolute Gasteiger partial charge is 0.0621 e. The molecular formula is C11H14ClNO. The molecule has 1 aromatic rings. The van der Waals surface area contributed by atoms with Crippen molar-refractivity contribution >= 4 is 11.6 Å². The molecule has 0 amide bonds. The van der Waals surface area contributed by atoms with Crippen LogP contribution in [0.25, 0.3) is 0 Å². The zero-order chi connectivity index (χ0) is 9.97. The normalized spacial score (nSPS) is 26.7. The highest BCUT2D eigenvalue weighted by molar-refractivity contribution is 6.31. The van der Waals surface area contributed by atoms with Crippen molar-refractivity contribution < 1.29 is 5.11 Å². The van der Waals surface area contributed by atoms with Gasteiger partial charge in [0.1, 0.15) is 0 Å². The average molecular weight is 212 g/mol. The molecule has 1 N–H and O–H groups in total. The molecule has 1 saturated carbocycles. The van der Waals surface area contributed by atoms with Crippen LogP contribution < -0.4 is 0 Å². The molecule has 1 aliphatic rings. The molecule has 0 bridgehead atoms. The van der Waals surface area contributed by atoms with Gasteiger partial charge in [0.05, 0.1) is 11.1 Å². The lowest BCUT2D eigenvalue weighted by Crippen LogP contribution is -2.03. The zero-order valence-electron chi connectivity index (χ0n) is 7.99. The van der Waals surface area contributed by atoms with Crippen molar-refractivity contribution in [2.24, 2.45) is 5.92 Å². The number of pyridine rings is 1. The van der Waals surface area contributed by atoms with Crippen LogP contribution in [0, 0.1) is 5.92 Å². The Morgan fingerprint density at radius 1 is 1.50 bits per heavy atom. The zero-order valence-corrected chi connectivity index (χ0v) is 8.74. The molecule has 2 nitrogen and oxygen atoms in total. The maximum absolute atomic E-state index is 9.40. The second kappa shape index (κ2) is 4.28. The van der Waals surface area contributed by atoms with Gasteiger partial charge in [-0.25, -0.2) is 0 Å². The molecule has 1 aromatic heterocycles. The molecule has 0 radical (unpaired) electrons. The third-order valence-electron chi connectivity index (χ3n) is 2.88. The quantitative estimate of drug-likeness (QED) is 0.815. The first-order valence-electron chi connectivity index (χ1n) is 5.02. The van der Waals surface area contributed by atoms with E-state index in [1.807, 2.05) is 6.07 Å². The highest BCUT2D eigenvalue weighted by atomic mass is 35.5. The molecule has 0 saturated heterocycles. The maximum atomic E-state index is 9.40. The summed E-state index contributed by atoms with van der Waals surface area (Å²) in [6.07, 6.45) is 7.29. The summed E-state index contributed by atoms with van der Waals surface area (Å²) in [5, 5.41) is 10.1. The van der Waals surface area contributed by atoms with Crippen LogP contribution in [0.15, 0.2) is 18.5 Å². The van der Waals surface area contributed by atoms with Crippen molar-refractivity contribution in [1.29, 1.82) is 0 Å². The predicted molar refractivity (Wildman–Crippen MR) is 56.3 cm³/mol. The molecule has 1 fully saturated rings. The van der Waals surface area contributed by atoms with Gasteiger partial charge in [-0.1, -0.05) is 11.6 Å². The summed E-state index contributed by atoms with van der Waals surface area (Å²) in [7, 11) is 0. The number of aliphatic hydroxyl groups is 1. The van der Waals surface area contributed by atoms with Crippen molar-refractivity contribution in [1.82, 2.24) is 4.98 Å². The summed E-state index contributed by atoms with van der Waals surface area (Å²) >= 11 is 6.01. The van der Waals surface area contributed by atoms with E-state index in [0.717, 1.165) is 36.3 Å². The van der Waals surface area contributed by atoms with E-state index >= 15 is 0 Å². The Bertz CT molecular complexity index is 316. The fraction of sp³-hybridized carbons (Fsp3) is 0.545. The summed E-state index contributed by atoms with van der Waals surface area (Å²) < 4.78 is 0. The molecule has 1 aliphatic carbocycles. The van der Waals surface area contributed by atoms with Gasteiger partial charge in [-0.15, -0.1) is 0 Å². The van der Waals surface area contributed by atoms with Crippen molar-refractivity contribution in [3.8, 4) is 0 Å². The Labute approximate surface area is 88.9 Å². The molecule has 2 atom stereocenters. The monoisotopic (exact) mass is 211 g/mol. The Balaban J connectivity index is 2.01. The molecule has 2 rings (SSSR count). The molecule has 0 aliphatic heterocycles. The number of aliphatic hydroxyl groups excluding tert-OH is 1. The van der Waals surface area contributed by atoms with Crippen LogP contribution in [-0.4, -0.2) is 16.2 Å². The van der Waals surface area contributed by atoms with E-state index < -0.39 is 0 Å². The Morgan fingerprint density at radius 3 is 3.00 bits per heavy atom. The minimum atomic E-state index is -0.0967. The molecule has 2 unspecified atom stereocenters. The fourth-order valence-electron chi connectivity index (χ4n) is 2.11. The lowest BCUT2D eigenvalue weighted by molar-refractivity contribution is 0.177. The van der Waals surface area contributed by atoms with E-state index in [-0.39, 0.29) is 6.10 Å². The van der Waals surface area contributed by atoms with Crippen molar-refractivity contribution in [2.45, 2.75) is 31.8 Å². The van der Waals surface area contributed by atoms with Crippen molar-refractivity contribution in [2.75, 3.05) is 0 Å². The number of rotatable bonds is 2. The van der Waals surface area contributed by atoms with Crippen molar-refractivity contribution in [3.05, 3.63) is 29.0 Å². The molecule has 0 aromatic carbocycles. The number of halogens is 1. The van der Waals surface area contributed by atoms with E-state index in [9.17, 15) is 5.11 Å². The first kappa shape index (κ1) is 9.94. The van der Waals surface area contributed by atoms with Gasteiger partial charge in [0.15, 0.2) is 0 Å². The van der Waals surface area contributed by atoms with Gasteiger partial charge in [0.25, 0.3) is 0 Å². The minimum absolute atomic E-state index is 0.0967. The van der Waals surface area contributed by atoms with Crippen LogP contribution in [0.5, 0.6) is 0 Å². The van der Waals surface area contributed by atoms with Crippen LogP contribution in [-0.2, 0) is 6.42 Å². The molecule has 0 spiro atoms. The Kier molecular flexibility index (Phi) is 3.04. The van der Waals surface area contributed by atoms with Crippen LogP contribution >= 0.6 is 11.6 Å². The van der Waals surface area contributed by atoms with E-state index in [1.165, 1.54) is 0 Å². The molecule has 76 valence electrons. The highest BCUT2D eigenvalue weighted by Gasteiger charge is 2.23. The SMILES string of the molecule is OC1CCC(Cc2ccncc2Cl)C1. The van der Waals surface area contributed by atoms with Gasteiger partial charge in [-0.05, 0) is 43.2 Å². The van der Waals surface area contributed by atoms with Gasteiger partial charge in [0.2, 0.25) is 0 Å². The second-order valence-electron chi connectivity index (χ2n) is 4.00. The fourth-order valence-corrected chi connectivity index (χ4v) is 2.31. The summed E-state index contributed by atoms with van der Waals surface area (Å²) in [4.78, 5) is 3.95. The first-order chi connectivity index (χ1) is 6.75. The molecule has 14 heavy (non-hydrogen) atoms.